The summed E-state index contributed by atoms with van der Waals surface area (Å²) in [6, 6.07) is 7.23. The molecule has 1 unspecified atom stereocenters. The van der Waals surface area contributed by atoms with E-state index in [0.717, 1.165) is 37.2 Å². The quantitative estimate of drug-likeness (QED) is 0.475. The van der Waals surface area contributed by atoms with Crippen LogP contribution in [0.5, 0.6) is 5.75 Å². The van der Waals surface area contributed by atoms with Crippen LogP contribution in [0.25, 0.3) is 0 Å². The zero-order chi connectivity index (χ0) is 15.9. The molecule has 3 N–H and O–H groups in total. The van der Waals surface area contributed by atoms with E-state index in [1.165, 1.54) is 32.1 Å². The van der Waals surface area contributed by atoms with Crippen LogP contribution in [-0.2, 0) is 0 Å². The lowest BCUT2D eigenvalue weighted by Crippen LogP contribution is -2.29. The highest BCUT2D eigenvalue weighted by Gasteiger charge is 2.29. The molecule has 0 amide bonds. The number of anilines is 1. The van der Waals surface area contributed by atoms with Crippen LogP contribution in [0, 0.1) is 11.8 Å². The Morgan fingerprint density at radius 2 is 1.91 bits per heavy atom. The van der Waals surface area contributed by atoms with Gasteiger partial charge in [0.25, 0.3) is 0 Å². The smallest absolute Gasteiger partial charge is 0.115 e. The number of aromatic hydroxyl groups is 1. The van der Waals surface area contributed by atoms with E-state index in [-0.39, 0.29) is 0 Å². The first-order valence-electron chi connectivity index (χ1n) is 8.92. The highest BCUT2D eigenvalue weighted by atomic mass is 16.3. The van der Waals surface area contributed by atoms with Crippen molar-refractivity contribution in [1.82, 2.24) is 5.32 Å². The summed E-state index contributed by atoms with van der Waals surface area (Å²) in [7, 11) is 0. The molecule has 23 heavy (non-hydrogen) atoms. The molecule has 0 aromatic heterocycles. The minimum absolute atomic E-state index is 0.311. The largest absolute Gasteiger partial charge is 0.508 e. The molecule has 0 spiro atoms. The second-order valence-electron chi connectivity index (χ2n) is 6.68. The summed E-state index contributed by atoms with van der Waals surface area (Å²) in [4.78, 5) is 0. The maximum atomic E-state index is 9.26. The van der Waals surface area contributed by atoms with Crippen molar-refractivity contribution in [2.45, 2.75) is 32.1 Å². The van der Waals surface area contributed by atoms with Gasteiger partial charge in [0.15, 0.2) is 0 Å². The zero-order valence-electron chi connectivity index (χ0n) is 13.8. The topological polar surface area (TPSA) is 44.3 Å². The molecular formula is C20H28N2O. The molecule has 0 aliphatic heterocycles. The fourth-order valence-corrected chi connectivity index (χ4v) is 3.56. The van der Waals surface area contributed by atoms with Crippen LogP contribution in [0.3, 0.4) is 0 Å². The lowest BCUT2D eigenvalue weighted by Gasteiger charge is -2.35. The molecule has 1 aromatic rings. The van der Waals surface area contributed by atoms with Gasteiger partial charge in [0.1, 0.15) is 5.75 Å². The Morgan fingerprint density at radius 1 is 1.09 bits per heavy atom. The lowest BCUT2D eigenvalue weighted by atomic mass is 9.71. The third kappa shape index (κ3) is 4.61. The van der Waals surface area contributed by atoms with Gasteiger partial charge in [-0.2, -0.15) is 0 Å². The summed E-state index contributed by atoms with van der Waals surface area (Å²) in [6.45, 7) is 2.97. The van der Waals surface area contributed by atoms with Crippen molar-refractivity contribution in [2.75, 3.05) is 25.0 Å². The zero-order valence-corrected chi connectivity index (χ0v) is 13.8. The van der Waals surface area contributed by atoms with Crippen LogP contribution < -0.4 is 10.6 Å². The molecule has 0 saturated heterocycles. The van der Waals surface area contributed by atoms with Crippen LogP contribution in [0.15, 0.2) is 48.1 Å². The maximum Gasteiger partial charge on any atom is 0.115 e. The first-order chi connectivity index (χ1) is 11.3. The van der Waals surface area contributed by atoms with Crippen molar-refractivity contribution in [2.24, 2.45) is 11.8 Å². The SMILES string of the molecule is Oc1ccc(NCCNCCC(C2=CC=CC2)C2CCC2)cc1. The first-order valence-corrected chi connectivity index (χ1v) is 8.92. The molecule has 124 valence electrons. The number of phenols is 1. The fourth-order valence-electron chi connectivity index (χ4n) is 3.56. The van der Waals surface area contributed by atoms with Gasteiger partial charge in [0.05, 0.1) is 0 Å². The van der Waals surface area contributed by atoms with Crippen molar-refractivity contribution in [3.63, 3.8) is 0 Å². The minimum Gasteiger partial charge on any atom is -0.508 e. The summed E-state index contributed by atoms with van der Waals surface area (Å²) < 4.78 is 0. The maximum absolute atomic E-state index is 9.26. The average Bonchev–Trinajstić information content (AvgIpc) is 3.03. The van der Waals surface area contributed by atoms with Crippen molar-refractivity contribution in [1.29, 1.82) is 0 Å². The Morgan fingerprint density at radius 3 is 2.57 bits per heavy atom. The van der Waals surface area contributed by atoms with E-state index in [1.807, 2.05) is 12.1 Å². The van der Waals surface area contributed by atoms with Crippen molar-refractivity contribution >= 4 is 5.69 Å². The molecule has 2 aliphatic carbocycles. The number of allylic oxidation sites excluding steroid dienone is 4. The second kappa shape index (κ2) is 8.21. The Kier molecular flexibility index (Phi) is 5.76. The Labute approximate surface area is 139 Å². The van der Waals surface area contributed by atoms with Crippen LogP contribution in [0.2, 0.25) is 0 Å². The van der Waals surface area contributed by atoms with Crippen LogP contribution in [0.4, 0.5) is 5.69 Å². The molecular weight excluding hydrogens is 284 g/mol. The number of hydrogen-bond donors (Lipinski definition) is 3. The molecule has 1 fully saturated rings. The van der Waals surface area contributed by atoms with Gasteiger partial charge < -0.3 is 15.7 Å². The van der Waals surface area contributed by atoms with Crippen molar-refractivity contribution in [3.05, 3.63) is 48.1 Å². The number of nitrogens with one attached hydrogen (secondary N) is 2. The van der Waals surface area contributed by atoms with Crippen molar-refractivity contribution < 1.29 is 5.11 Å². The molecule has 0 heterocycles. The predicted octanol–water partition coefficient (Wildman–Crippen LogP) is 4.09. The molecule has 1 atom stereocenters. The Balaban J connectivity index is 1.32. The first kappa shape index (κ1) is 16.1. The van der Waals surface area contributed by atoms with Gasteiger partial charge in [-0.1, -0.05) is 30.2 Å². The lowest BCUT2D eigenvalue weighted by molar-refractivity contribution is 0.221. The standard InChI is InChI=1S/C20H28N2O/c23-19-10-8-18(9-11-19)22-15-14-21-13-12-20(17-6-3-7-17)16-4-1-2-5-16/h1-2,4,8-11,17,20-23H,3,5-7,12-15H2. The minimum atomic E-state index is 0.311. The molecule has 3 heteroatoms. The van der Waals surface area contributed by atoms with Crippen molar-refractivity contribution in [3.8, 4) is 5.75 Å². The molecule has 0 bridgehead atoms. The molecule has 1 saturated carbocycles. The summed E-state index contributed by atoms with van der Waals surface area (Å²) in [5.74, 6) is 2.03. The fraction of sp³-hybridized carbons (Fsp3) is 0.500. The summed E-state index contributed by atoms with van der Waals surface area (Å²) >= 11 is 0. The highest BCUT2D eigenvalue weighted by molar-refractivity contribution is 5.45. The molecule has 1 aromatic carbocycles. The van der Waals surface area contributed by atoms with E-state index < -0.39 is 0 Å². The van der Waals surface area contributed by atoms with Crippen LogP contribution >= 0.6 is 0 Å². The number of benzene rings is 1. The van der Waals surface area contributed by atoms with Gasteiger partial charge in [-0.05, 0) is 68.3 Å². The van der Waals surface area contributed by atoms with E-state index in [1.54, 1.807) is 17.7 Å². The molecule has 3 rings (SSSR count). The van der Waals surface area contributed by atoms with Gasteiger partial charge in [0, 0.05) is 18.8 Å². The summed E-state index contributed by atoms with van der Waals surface area (Å²) in [5, 5.41) is 16.2. The molecule has 2 aliphatic rings. The van der Waals surface area contributed by atoms with Gasteiger partial charge in [-0.25, -0.2) is 0 Å². The Hall–Kier alpha value is -1.74. The van der Waals surface area contributed by atoms with E-state index in [2.05, 4.69) is 28.9 Å². The third-order valence-electron chi connectivity index (χ3n) is 5.13. The number of rotatable bonds is 9. The summed E-state index contributed by atoms with van der Waals surface area (Å²) in [6.07, 6.45) is 13.5. The van der Waals surface area contributed by atoms with Gasteiger partial charge >= 0.3 is 0 Å². The van der Waals surface area contributed by atoms with E-state index >= 15 is 0 Å². The van der Waals surface area contributed by atoms with Gasteiger partial charge in [-0.3, -0.25) is 0 Å². The normalized spacial score (nSPS) is 18.5. The highest BCUT2D eigenvalue weighted by Crippen LogP contribution is 2.40. The van der Waals surface area contributed by atoms with E-state index in [0.29, 0.717) is 5.75 Å². The number of hydrogen-bond acceptors (Lipinski definition) is 3. The summed E-state index contributed by atoms with van der Waals surface area (Å²) in [5.41, 5.74) is 2.71. The van der Waals surface area contributed by atoms with E-state index in [9.17, 15) is 5.11 Å². The number of phenolic OH excluding ortho intramolecular Hbond substituents is 1. The predicted molar refractivity (Wildman–Crippen MR) is 96.8 cm³/mol. The van der Waals surface area contributed by atoms with E-state index in [4.69, 9.17) is 0 Å². The molecule has 3 nitrogen and oxygen atoms in total. The van der Waals surface area contributed by atoms with Gasteiger partial charge in [-0.15, -0.1) is 0 Å². The second-order valence-corrected chi connectivity index (χ2v) is 6.68. The van der Waals surface area contributed by atoms with Crippen LogP contribution in [-0.4, -0.2) is 24.7 Å². The third-order valence-corrected chi connectivity index (χ3v) is 5.13. The Bertz CT molecular complexity index is 543. The monoisotopic (exact) mass is 312 g/mol. The molecule has 0 radical (unpaired) electrons. The van der Waals surface area contributed by atoms with Crippen LogP contribution in [0.1, 0.15) is 32.1 Å². The van der Waals surface area contributed by atoms with Gasteiger partial charge in [0.2, 0.25) is 0 Å². The average molecular weight is 312 g/mol.